The topological polar surface area (TPSA) is 69.0 Å². The molecule has 9 heteroatoms. The van der Waals surface area contributed by atoms with Crippen LogP contribution in [-0.4, -0.2) is 27.7 Å². The Kier molecular flexibility index (Phi) is 4.54. The first kappa shape index (κ1) is 17.7. The predicted molar refractivity (Wildman–Crippen MR) is 88.5 cm³/mol. The molecule has 1 amide bonds. The van der Waals surface area contributed by atoms with Crippen molar-refractivity contribution in [2.75, 3.05) is 11.9 Å². The molecule has 3 aromatic rings. The average molecular weight is 364 g/mol. The number of carbonyl (C=O) groups is 1. The van der Waals surface area contributed by atoms with Gasteiger partial charge in [-0.2, -0.15) is 13.2 Å². The van der Waals surface area contributed by atoms with Gasteiger partial charge in [0.1, 0.15) is 11.0 Å². The largest absolute Gasteiger partial charge is 0.416 e. The number of aryl methyl sites for hydroxylation is 2. The van der Waals surface area contributed by atoms with Gasteiger partial charge in [0, 0.05) is 5.69 Å². The number of fused-ring (bicyclic) bond motifs is 1. The van der Waals surface area contributed by atoms with E-state index in [-0.39, 0.29) is 11.0 Å². The van der Waals surface area contributed by atoms with Crippen LogP contribution in [0.2, 0.25) is 0 Å². The SMILES string of the molecule is Cc1ccc(NC(=O)COn2nnc3ccc(C(F)(F)F)cc32)c(C)c1. The molecule has 0 saturated heterocycles. The molecule has 0 radical (unpaired) electrons. The second-order valence-corrected chi connectivity index (χ2v) is 5.80. The van der Waals surface area contributed by atoms with Crippen LogP contribution in [-0.2, 0) is 11.0 Å². The standard InChI is InChI=1S/C17H15F3N4O2/c1-10-3-5-13(11(2)7-10)21-16(25)9-26-24-15-8-12(17(18,19)20)4-6-14(15)22-23-24/h3-8H,9H2,1-2H3,(H,21,25). The first-order valence-corrected chi connectivity index (χ1v) is 7.67. The van der Waals surface area contributed by atoms with Crippen molar-refractivity contribution >= 4 is 22.6 Å². The first-order valence-electron chi connectivity index (χ1n) is 7.67. The maximum Gasteiger partial charge on any atom is 0.416 e. The number of aromatic nitrogens is 3. The number of alkyl halides is 3. The highest BCUT2D eigenvalue weighted by atomic mass is 19.4. The molecule has 0 bridgehead atoms. The number of carbonyl (C=O) groups excluding carboxylic acids is 1. The number of nitrogens with one attached hydrogen (secondary N) is 1. The predicted octanol–water partition coefficient (Wildman–Crippen LogP) is 3.13. The van der Waals surface area contributed by atoms with E-state index in [2.05, 4.69) is 15.6 Å². The molecule has 1 heterocycles. The smallest absolute Gasteiger partial charge is 0.385 e. The molecule has 2 aromatic carbocycles. The minimum absolute atomic E-state index is 0.0270. The highest BCUT2D eigenvalue weighted by molar-refractivity contribution is 5.92. The maximum atomic E-state index is 12.8. The summed E-state index contributed by atoms with van der Waals surface area (Å²) in [6.07, 6.45) is -4.50. The lowest BCUT2D eigenvalue weighted by molar-refractivity contribution is -0.137. The third-order valence-electron chi connectivity index (χ3n) is 3.72. The molecule has 1 aromatic heterocycles. The van der Waals surface area contributed by atoms with E-state index >= 15 is 0 Å². The van der Waals surface area contributed by atoms with Crippen molar-refractivity contribution in [2.45, 2.75) is 20.0 Å². The van der Waals surface area contributed by atoms with Crippen molar-refractivity contribution in [1.29, 1.82) is 0 Å². The van der Waals surface area contributed by atoms with Crippen molar-refractivity contribution in [3.63, 3.8) is 0 Å². The number of halogens is 3. The van der Waals surface area contributed by atoms with Crippen molar-refractivity contribution in [2.24, 2.45) is 0 Å². The van der Waals surface area contributed by atoms with Gasteiger partial charge in [-0.05, 0) is 48.9 Å². The van der Waals surface area contributed by atoms with E-state index in [0.29, 0.717) is 5.69 Å². The van der Waals surface area contributed by atoms with Crippen LogP contribution in [0.15, 0.2) is 36.4 Å². The Balaban J connectivity index is 1.72. The summed E-state index contributed by atoms with van der Waals surface area (Å²) >= 11 is 0. The Bertz CT molecular complexity index is 966. The van der Waals surface area contributed by atoms with E-state index in [9.17, 15) is 18.0 Å². The fourth-order valence-corrected chi connectivity index (χ4v) is 2.43. The van der Waals surface area contributed by atoms with Crippen LogP contribution in [0.5, 0.6) is 0 Å². The van der Waals surface area contributed by atoms with Crippen molar-refractivity contribution in [1.82, 2.24) is 15.2 Å². The molecule has 0 aliphatic heterocycles. The molecule has 26 heavy (non-hydrogen) atoms. The Labute approximate surface area is 146 Å². The highest BCUT2D eigenvalue weighted by Crippen LogP contribution is 2.30. The van der Waals surface area contributed by atoms with Gasteiger partial charge in [0.25, 0.3) is 5.91 Å². The van der Waals surface area contributed by atoms with Gasteiger partial charge in [0.15, 0.2) is 6.61 Å². The lowest BCUT2D eigenvalue weighted by Gasteiger charge is -2.10. The molecule has 0 aliphatic carbocycles. The number of hydrogen-bond acceptors (Lipinski definition) is 4. The zero-order valence-electron chi connectivity index (χ0n) is 14.0. The summed E-state index contributed by atoms with van der Waals surface area (Å²) in [5, 5.41) is 10.0. The van der Waals surface area contributed by atoms with Gasteiger partial charge < -0.3 is 10.2 Å². The van der Waals surface area contributed by atoms with Gasteiger partial charge in [-0.1, -0.05) is 22.5 Å². The van der Waals surface area contributed by atoms with Gasteiger partial charge in [-0.3, -0.25) is 4.79 Å². The van der Waals surface area contributed by atoms with Gasteiger partial charge in [0.05, 0.1) is 5.56 Å². The van der Waals surface area contributed by atoms with E-state index in [1.165, 1.54) is 6.07 Å². The Morgan fingerprint density at radius 3 is 2.65 bits per heavy atom. The second kappa shape index (κ2) is 6.66. The summed E-state index contributed by atoms with van der Waals surface area (Å²) in [5.41, 5.74) is 1.99. The molecule has 0 atom stereocenters. The average Bonchev–Trinajstić information content (AvgIpc) is 2.97. The summed E-state index contributed by atoms with van der Waals surface area (Å²) in [5.74, 6) is -0.465. The first-order chi connectivity index (χ1) is 12.2. The zero-order valence-corrected chi connectivity index (χ0v) is 14.0. The lowest BCUT2D eigenvalue weighted by atomic mass is 10.1. The fourth-order valence-electron chi connectivity index (χ4n) is 2.43. The van der Waals surface area contributed by atoms with Gasteiger partial charge in [-0.15, -0.1) is 5.10 Å². The second-order valence-electron chi connectivity index (χ2n) is 5.80. The van der Waals surface area contributed by atoms with E-state index in [4.69, 9.17) is 4.84 Å². The van der Waals surface area contributed by atoms with Crippen LogP contribution in [0.4, 0.5) is 18.9 Å². The molecule has 6 nitrogen and oxygen atoms in total. The number of hydrogen-bond donors (Lipinski definition) is 1. The van der Waals surface area contributed by atoms with Crippen molar-refractivity contribution in [3.05, 3.63) is 53.1 Å². The van der Waals surface area contributed by atoms with Crippen LogP contribution < -0.4 is 10.2 Å². The number of anilines is 1. The number of nitrogens with zero attached hydrogens (tertiary/aromatic N) is 3. The molecule has 0 saturated carbocycles. The minimum Gasteiger partial charge on any atom is -0.385 e. The number of benzene rings is 2. The van der Waals surface area contributed by atoms with Gasteiger partial charge in [-0.25, -0.2) is 0 Å². The molecule has 3 rings (SSSR count). The monoisotopic (exact) mass is 364 g/mol. The summed E-state index contributed by atoms with van der Waals surface area (Å²) in [7, 11) is 0. The molecule has 0 aliphatic rings. The van der Waals surface area contributed by atoms with Crippen molar-refractivity contribution in [3.8, 4) is 0 Å². The summed E-state index contributed by atoms with van der Waals surface area (Å²) < 4.78 is 38.5. The molecule has 136 valence electrons. The van der Waals surface area contributed by atoms with Crippen LogP contribution in [0.3, 0.4) is 0 Å². The summed E-state index contributed by atoms with van der Waals surface area (Å²) in [6.45, 7) is 3.36. The number of rotatable bonds is 4. The molecule has 0 fully saturated rings. The van der Waals surface area contributed by atoms with E-state index in [1.54, 1.807) is 6.07 Å². The quantitative estimate of drug-likeness (QED) is 0.772. The Morgan fingerprint density at radius 1 is 1.19 bits per heavy atom. The van der Waals surface area contributed by atoms with Crippen LogP contribution >= 0.6 is 0 Å². The van der Waals surface area contributed by atoms with E-state index in [1.807, 2.05) is 26.0 Å². The van der Waals surface area contributed by atoms with Crippen molar-refractivity contribution < 1.29 is 22.8 Å². The maximum absolute atomic E-state index is 12.8. The fraction of sp³-hybridized carbons (Fsp3) is 0.235. The third-order valence-corrected chi connectivity index (χ3v) is 3.72. The number of amides is 1. The Hall–Kier alpha value is -3.10. The normalized spacial score (nSPS) is 11.6. The molecular formula is C17H15F3N4O2. The lowest BCUT2D eigenvalue weighted by Crippen LogP contribution is -2.26. The van der Waals surface area contributed by atoms with E-state index in [0.717, 1.165) is 28.1 Å². The van der Waals surface area contributed by atoms with E-state index < -0.39 is 24.3 Å². The summed E-state index contributed by atoms with van der Waals surface area (Å²) in [4.78, 5) is 18.0. The van der Waals surface area contributed by atoms with Crippen LogP contribution in [0.25, 0.3) is 11.0 Å². The van der Waals surface area contributed by atoms with Crippen LogP contribution in [0, 0.1) is 13.8 Å². The minimum atomic E-state index is -4.50. The van der Waals surface area contributed by atoms with Gasteiger partial charge in [0.2, 0.25) is 0 Å². The zero-order chi connectivity index (χ0) is 18.9. The molecular weight excluding hydrogens is 349 g/mol. The van der Waals surface area contributed by atoms with Crippen LogP contribution in [0.1, 0.15) is 16.7 Å². The Morgan fingerprint density at radius 2 is 1.96 bits per heavy atom. The molecule has 0 unspecified atom stereocenters. The summed E-state index contributed by atoms with van der Waals surface area (Å²) in [6, 6.07) is 8.52. The highest BCUT2D eigenvalue weighted by Gasteiger charge is 2.31. The van der Waals surface area contributed by atoms with Gasteiger partial charge >= 0.3 is 6.18 Å². The third kappa shape index (κ3) is 3.76. The molecule has 0 spiro atoms. The molecule has 1 N–H and O–H groups in total.